The van der Waals surface area contributed by atoms with Crippen LogP contribution in [0.5, 0.6) is 0 Å². The van der Waals surface area contributed by atoms with Gasteiger partial charge in [-0.15, -0.1) is 11.8 Å². The zero-order chi connectivity index (χ0) is 19.1. The molecule has 3 aliphatic rings. The van der Waals surface area contributed by atoms with E-state index in [1.807, 2.05) is 18.2 Å². The third-order valence-electron chi connectivity index (χ3n) is 5.45. The fourth-order valence-corrected chi connectivity index (χ4v) is 5.84. The van der Waals surface area contributed by atoms with Crippen molar-refractivity contribution in [2.75, 3.05) is 12.3 Å². The second-order valence-electron chi connectivity index (χ2n) is 7.00. The van der Waals surface area contributed by atoms with Crippen LogP contribution in [-0.2, 0) is 17.5 Å². The Kier molecular flexibility index (Phi) is 4.66. The number of aliphatic imine (C=N–C) groups is 1. The van der Waals surface area contributed by atoms with Crippen molar-refractivity contribution in [3.05, 3.63) is 59.7 Å². The van der Waals surface area contributed by atoms with Crippen LogP contribution in [0.25, 0.3) is 0 Å². The standard InChI is InChI=1S/C20H19F3N2OS/c21-20(22,23)14-6-4-13(5-7-14)11-25-18(26)15-12-27-19-9-2-1-3-17(19)24-10-8-16(15)19/h1-7,9,15-16H,8,10-12H2,(H,25,26). The molecular weight excluding hydrogens is 373 g/mol. The first-order chi connectivity index (χ1) is 12.9. The van der Waals surface area contributed by atoms with E-state index in [2.05, 4.69) is 16.4 Å². The number of alkyl halides is 3. The third-order valence-corrected chi connectivity index (χ3v) is 7.11. The average Bonchev–Trinajstić information content (AvgIpc) is 3.04. The number of carbonyl (C=O) groups is 1. The van der Waals surface area contributed by atoms with Crippen LogP contribution in [0.4, 0.5) is 13.2 Å². The van der Waals surface area contributed by atoms with Crippen molar-refractivity contribution in [2.24, 2.45) is 16.8 Å². The fraction of sp³-hybridized carbons (Fsp3) is 0.400. The summed E-state index contributed by atoms with van der Waals surface area (Å²) in [7, 11) is 0. The number of amides is 1. The number of allylic oxidation sites excluding steroid dienone is 3. The number of hydrogen-bond acceptors (Lipinski definition) is 3. The molecule has 142 valence electrons. The average molecular weight is 392 g/mol. The molecule has 0 bridgehead atoms. The Balaban J connectivity index is 1.42. The summed E-state index contributed by atoms with van der Waals surface area (Å²) in [4.78, 5) is 17.4. The van der Waals surface area contributed by atoms with E-state index < -0.39 is 11.7 Å². The lowest BCUT2D eigenvalue weighted by Crippen LogP contribution is -2.46. The number of nitrogens with zero attached hydrogens (tertiary/aromatic N) is 1. The summed E-state index contributed by atoms with van der Waals surface area (Å²) in [5.74, 6) is 0.768. The van der Waals surface area contributed by atoms with E-state index in [1.54, 1.807) is 11.8 Å². The van der Waals surface area contributed by atoms with Crippen LogP contribution < -0.4 is 5.32 Å². The Bertz CT molecular complexity index is 829. The van der Waals surface area contributed by atoms with Gasteiger partial charge in [-0.05, 0) is 36.1 Å². The summed E-state index contributed by atoms with van der Waals surface area (Å²) in [6, 6.07) is 4.91. The molecule has 27 heavy (non-hydrogen) atoms. The van der Waals surface area contributed by atoms with Gasteiger partial charge in [0.1, 0.15) is 0 Å². The molecule has 3 nitrogen and oxygen atoms in total. The van der Waals surface area contributed by atoms with Gasteiger partial charge in [-0.1, -0.05) is 30.4 Å². The van der Waals surface area contributed by atoms with Gasteiger partial charge in [-0.3, -0.25) is 9.79 Å². The minimum absolute atomic E-state index is 0.0338. The van der Waals surface area contributed by atoms with Gasteiger partial charge in [0.05, 0.1) is 21.9 Å². The molecular formula is C20H19F3N2OS. The lowest BCUT2D eigenvalue weighted by Gasteiger charge is -2.38. The van der Waals surface area contributed by atoms with Crippen molar-refractivity contribution in [3.8, 4) is 0 Å². The summed E-state index contributed by atoms with van der Waals surface area (Å²) in [6.07, 6.45) is 4.70. The Labute approximate surface area is 159 Å². The molecule has 1 spiro atoms. The first-order valence-electron chi connectivity index (χ1n) is 8.89. The van der Waals surface area contributed by atoms with E-state index in [4.69, 9.17) is 0 Å². The molecule has 0 aromatic heterocycles. The van der Waals surface area contributed by atoms with E-state index >= 15 is 0 Å². The maximum atomic E-state index is 12.8. The van der Waals surface area contributed by atoms with Crippen LogP contribution in [0.3, 0.4) is 0 Å². The van der Waals surface area contributed by atoms with Gasteiger partial charge >= 0.3 is 6.18 Å². The molecule has 1 saturated heterocycles. The third kappa shape index (κ3) is 3.33. The second-order valence-corrected chi connectivity index (χ2v) is 8.30. The minimum Gasteiger partial charge on any atom is -0.352 e. The van der Waals surface area contributed by atoms with Gasteiger partial charge in [-0.25, -0.2) is 0 Å². The molecule has 1 fully saturated rings. The molecule has 7 heteroatoms. The quantitative estimate of drug-likeness (QED) is 0.845. The van der Waals surface area contributed by atoms with Crippen molar-refractivity contribution in [2.45, 2.75) is 23.9 Å². The summed E-state index contributed by atoms with van der Waals surface area (Å²) in [6.45, 7) is 0.956. The summed E-state index contributed by atoms with van der Waals surface area (Å²) >= 11 is 1.77. The number of carbonyl (C=O) groups excluding carboxylic acids is 1. The van der Waals surface area contributed by atoms with Crippen molar-refractivity contribution < 1.29 is 18.0 Å². The predicted octanol–water partition coefficient (Wildman–Crippen LogP) is 4.01. The van der Waals surface area contributed by atoms with Crippen LogP contribution >= 0.6 is 11.8 Å². The zero-order valence-electron chi connectivity index (χ0n) is 14.5. The van der Waals surface area contributed by atoms with E-state index in [-0.39, 0.29) is 29.0 Å². The van der Waals surface area contributed by atoms with Crippen LogP contribution in [0.2, 0.25) is 0 Å². The van der Waals surface area contributed by atoms with E-state index in [0.717, 1.165) is 36.6 Å². The van der Waals surface area contributed by atoms with Gasteiger partial charge < -0.3 is 5.32 Å². The van der Waals surface area contributed by atoms with Gasteiger partial charge in [0, 0.05) is 18.8 Å². The summed E-state index contributed by atoms with van der Waals surface area (Å²) in [5, 5.41) is 2.91. The summed E-state index contributed by atoms with van der Waals surface area (Å²) < 4.78 is 37.7. The number of rotatable bonds is 3. The van der Waals surface area contributed by atoms with Crippen molar-refractivity contribution in [1.29, 1.82) is 0 Å². The first kappa shape index (κ1) is 18.3. The van der Waals surface area contributed by atoms with E-state index in [0.29, 0.717) is 5.56 Å². The first-order valence-corrected chi connectivity index (χ1v) is 9.87. The minimum atomic E-state index is -4.35. The van der Waals surface area contributed by atoms with Crippen molar-refractivity contribution in [1.82, 2.24) is 5.32 Å². The molecule has 0 saturated carbocycles. The highest BCUT2D eigenvalue weighted by Crippen LogP contribution is 2.52. The number of thioether (sulfide) groups is 1. The maximum absolute atomic E-state index is 12.8. The molecule has 1 amide bonds. The van der Waals surface area contributed by atoms with Gasteiger partial charge in [0.2, 0.25) is 5.91 Å². The smallest absolute Gasteiger partial charge is 0.352 e. The maximum Gasteiger partial charge on any atom is 0.416 e. The summed E-state index contributed by atoms with van der Waals surface area (Å²) in [5.41, 5.74) is 1.02. The predicted molar refractivity (Wildman–Crippen MR) is 101 cm³/mol. The molecule has 1 aromatic carbocycles. The normalized spacial score (nSPS) is 29.1. The molecule has 1 aromatic rings. The molecule has 3 atom stereocenters. The fourth-order valence-electron chi connectivity index (χ4n) is 4.05. The Morgan fingerprint density at radius 3 is 2.78 bits per heavy atom. The second kappa shape index (κ2) is 6.86. The van der Waals surface area contributed by atoms with Gasteiger partial charge in [-0.2, -0.15) is 13.2 Å². The number of benzene rings is 1. The SMILES string of the molecule is O=C(NCc1ccc(C(F)(F)F)cc1)C1CSC23C=CC=CC2=NCCC13. The Morgan fingerprint density at radius 1 is 1.26 bits per heavy atom. The molecule has 2 aliphatic heterocycles. The monoisotopic (exact) mass is 392 g/mol. The number of nitrogens with one attached hydrogen (secondary N) is 1. The van der Waals surface area contributed by atoms with E-state index in [9.17, 15) is 18.0 Å². The van der Waals surface area contributed by atoms with Crippen LogP contribution in [0, 0.1) is 11.8 Å². The van der Waals surface area contributed by atoms with Gasteiger partial charge in [0.15, 0.2) is 0 Å². The molecule has 1 aliphatic carbocycles. The molecule has 2 heterocycles. The largest absolute Gasteiger partial charge is 0.416 e. The number of halogens is 3. The number of hydrogen-bond donors (Lipinski definition) is 1. The van der Waals surface area contributed by atoms with Gasteiger partial charge in [0.25, 0.3) is 0 Å². The van der Waals surface area contributed by atoms with E-state index in [1.165, 1.54) is 12.1 Å². The van der Waals surface area contributed by atoms with Crippen LogP contribution in [0.15, 0.2) is 53.6 Å². The highest BCUT2D eigenvalue weighted by atomic mass is 32.2. The van der Waals surface area contributed by atoms with Crippen LogP contribution in [0.1, 0.15) is 17.5 Å². The zero-order valence-corrected chi connectivity index (χ0v) is 15.3. The Morgan fingerprint density at radius 2 is 2.04 bits per heavy atom. The molecule has 0 radical (unpaired) electrons. The lowest BCUT2D eigenvalue weighted by atomic mass is 9.74. The molecule has 1 N–H and O–H groups in total. The lowest BCUT2D eigenvalue weighted by molar-refractivity contribution is -0.137. The molecule has 3 unspecified atom stereocenters. The highest BCUT2D eigenvalue weighted by molar-refractivity contribution is 8.02. The molecule has 4 rings (SSSR count). The van der Waals surface area contributed by atoms with Crippen LogP contribution in [-0.4, -0.2) is 28.7 Å². The topological polar surface area (TPSA) is 41.5 Å². The highest BCUT2D eigenvalue weighted by Gasteiger charge is 2.53. The van der Waals surface area contributed by atoms with Crippen molar-refractivity contribution >= 4 is 23.4 Å². The van der Waals surface area contributed by atoms with Crippen molar-refractivity contribution in [3.63, 3.8) is 0 Å². The Hall–Kier alpha value is -2.02.